The molecule has 1 atom stereocenters. The molecule has 0 saturated carbocycles. The Labute approximate surface area is 71.4 Å². The molecule has 0 bridgehead atoms. The van der Waals surface area contributed by atoms with Crippen LogP contribution in [0.1, 0.15) is 24.0 Å². The fraction of sp³-hybridized carbons (Fsp3) is 0.300. The predicted molar refractivity (Wildman–Crippen MR) is 45.2 cm³/mol. The third-order valence-corrected chi connectivity index (χ3v) is 1.88. The first-order chi connectivity index (χ1) is 5.65. The average molecular weight is 163 g/mol. The summed E-state index contributed by atoms with van der Waals surface area (Å²) in [6, 6.07) is 6.87. The molecule has 0 amide bonds. The van der Waals surface area contributed by atoms with Crippen molar-refractivity contribution in [3.8, 4) is 6.07 Å². The smallest absolute Gasteiger partial charge is 0.126 e. The minimum Gasteiger partial charge on any atom is -0.207 e. The monoisotopic (exact) mass is 163 g/mol. The molecule has 0 heterocycles. The zero-order valence-electron chi connectivity index (χ0n) is 7.13. The minimum atomic E-state index is -0.219. The molecule has 62 valence electrons. The summed E-state index contributed by atoms with van der Waals surface area (Å²) in [7, 11) is 0. The number of halogens is 1. The second-order valence-electron chi connectivity index (χ2n) is 2.86. The molecule has 0 aliphatic rings. The lowest BCUT2D eigenvalue weighted by Crippen LogP contribution is -1.91. The highest BCUT2D eigenvalue weighted by Crippen LogP contribution is 2.17. The van der Waals surface area contributed by atoms with Crippen molar-refractivity contribution in [2.24, 2.45) is 0 Å². The lowest BCUT2D eigenvalue weighted by molar-refractivity contribution is 0.617. The fourth-order valence-corrected chi connectivity index (χ4v) is 1.01. The summed E-state index contributed by atoms with van der Waals surface area (Å²) in [6.07, 6.45) is 0. The number of nitrogens with zero attached hydrogens (tertiary/aromatic N) is 1. The van der Waals surface area contributed by atoms with Crippen molar-refractivity contribution >= 4 is 0 Å². The van der Waals surface area contributed by atoms with Crippen LogP contribution < -0.4 is 0 Å². The van der Waals surface area contributed by atoms with Gasteiger partial charge in [-0.25, -0.2) is 4.39 Å². The number of nitriles is 1. The summed E-state index contributed by atoms with van der Waals surface area (Å²) >= 11 is 0. The Morgan fingerprint density at radius 2 is 2.17 bits per heavy atom. The number of hydrogen-bond acceptors (Lipinski definition) is 1. The van der Waals surface area contributed by atoms with Crippen LogP contribution in [0.5, 0.6) is 0 Å². The molecule has 1 unspecified atom stereocenters. The molecule has 0 aliphatic carbocycles. The molecule has 0 spiro atoms. The van der Waals surface area contributed by atoms with Gasteiger partial charge in [0.1, 0.15) is 5.82 Å². The van der Waals surface area contributed by atoms with Crippen molar-refractivity contribution in [1.82, 2.24) is 0 Å². The lowest BCUT2D eigenvalue weighted by atomic mass is 10.0. The van der Waals surface area contributed by atoms with Crippen LogP contribution in [0, 0.1) is 24.1 Å². The number of aryl methyl sites for hydroxylation is 1. The lowest BCUT2D eigenvalue weighted by Gasteiger charge is -2.03. The summed E-state index contributed by atoms with van der Waals surface area (Å²) in [4.78, 5) is 0. The third-order valence-electron chi connectivity index (χ3n) is 1.88. The molecule has 1 aromatic carbocycles. The van der Waals surface area contributed by atoms with Gasteiger partial charge in [0.15, 0.2) is 0 Å². The van der Waals surface area contributed by atoms with Gasteiger partial charge in [-0.15, -0.1) is 0 Å². The molecule has 1 rings (SSSR count). The van der Waals surface area contributed by atoms with Gasteiger partial charge in [0.05, 0.1) is 12.0 Å². The first kappa shape index (κ1) is 8.73. The van der Waals surface area contributed by atoms with Gasteiger partial charge in [-0.2, -0.15) is 5.26 Å². The molecule has 1 nitrogen and oxygen atoms in total. The van der Waals surface area contributed by atoms with Gasteiger partial charge in [-0.05, 0) is 31.0 Å². The van der Waals surface area contributed by atoms with Gasteiger partial charge < -0.3 is 0 Å². The van der Waals surface area contributed by atoms with Crippen LogP contribution in [0.2, 0.25) is 0 Å². The molecular weight excluding hydrogens is 153 g/mol. The largest absolute Gasteiger partial charge is 0.207 e. The maximum atomic E-state index is 12.8. The van der Waals surface area contributed by atoms with Gasteiger partial charge in [0, 0.05) is 0 Å². The number of hydrogen-bond donors (Lipinski definition) is 0. The number of benzene rings is 1. The van der Waals surface area contributed by atoms with Gasteiger partial charge in [0.2, 0.25) is 0 Å². The van der Waals surface area contributed by atoms with Crippen molar-refractivity contribution in [3.63, 3.8) is 0 Å². The Kier molecular flexibility index (Phi) is 2.44. The Balaban J connectivity index is 3.06. The van der Waals surface area contributed by atoms with E-state index in [1.807, 2.05) is 0 Å². The Bertz CT molecular complexity index is 325. The summed E-state index contributed by atoms with van der Waals surface area (Å²) in [5.74, 6) is -0.381. The fourth-order valence-electron chi connectivity index (χ4n) is 1.01. The van der Waals surface area contributed by atoms with E-state index in [1.165, 1.54) is 6.07 Å². The van der Waals surface area contributed by atoms with Crippen LogP contribution in [0.25, 0.3) is 0 Å². The van der Waals surface area contributed by atoms with Crippen LogP contribution in [0.4, 0.5) is 4.39 Å². The second kappa shape index (κ2) is 3.36. The van der Waals surface area contributed by atoms with E-state index in [1.54, 1.807) is 26.0 Å². The zero-order valence-corrected chi connectivity index (χ0v) is 7.13. The molecule has 12 heavy (non-hydrogen) atoms. The van der Waals surface area contributed by atoms with Gasteiger partial charge in [-0.3, -0.25) is 0 Å². The topological polar surface area (TPSA) is 23.8 Å². The maximum Gasteiger partial charge on any atom is 0.126 e. The van der Waals surface area contributed by atoms with E-state index in [0.29, 0.717) is 5.56 Å². The van der Waals surface area contributed by atoms with Crippen LogP contribution in [0.15, 0.2) is 18.2 Å². The summed E-state index contributed by atoms with van der Waals surface area (Å²) in [5, 5.41) is 8.60. The molecule has 0 radical (unpaired) electrons. The molecule has 0 aliphatic heterocycles. The van der Waals surface area contributed by atoms with Crippen molar-refractivity contribution in [2.45, 2.75) is 19.8 Å². The van der Waals surface area contributed by atoms with E-state index in [0.717, 1.165) is 5.56 Å². The van der Waals surface area contributed by atoms with E-state index >= 15 is 0 Å². The van der Waals surface area contributed by atoms with Crippen molar-refractivity contribution in [3.05, 3.63) is 35.1 Å². The highest BCUT2D eigenvalue weighted by Gasteiger charge is 2.05. The predicted octanol–water partition coefficient (Wildman–Crippen LogP) is 2.76. The first-order valence-electron chi connectivity index (χ1n) is 3.81. The van der Waals surface area contributed by atoms with E-state index in [-0.39, 0.29) is 11.7 Å². The Hall–Kier alpha value is -1.36. The average Bonchev–Trinajstić information content (AvgIpc) is 2.08. The highest BCUT2D eigenvalue weighted by molar-refractivity contribution is 5.29. The maximum absolute atomic E-state index is 12.8. The van der Waals surface area contributed by atoms with Crippen molar-refractivity contribution in [2.75, 3.05) is 0 Å². The van der Waals surface area contributed by atoms with Crippen LogP contribution in [0.3, 0.4) is 0 Å². The van der Waals surface area contributed by atoms with E-state index in [2.05, 4.69) is 6.07 Å². The normalized spacial score (nSPS) is 12.2. The quantitative estimate of drug-likeness (QED) is 0.624. The molecule has 1 aromatic rings. The van der Waals surface area contributed by atoms with Crippen LogP contribution in [-0.4, -0.2) is 0 Å². The molecular formula is C10H10FN. The molecule has 0 aromatic heterocycles. The first-order valence-corrected chi connectivity index (χ1v) is 3.81. The SMILES string of the molecule is Cc1cc(C(C)C#N)ccc1F. The van der Waals surface area contributed by atoms with Gasteiger partial charge in [-0.1, -0.05) is 12.1 Å². The van der Waals surface area contributed by atoms with Crippen molar-refractivity contribution in [1.29, 1.82) is 5.26 Å². The number of rotatable bonds is 1. The minimum absolute atomic E-state index is 0.163. The third kappa shape index (κ3) is 1.62. The molecule has 0 fully saturated rings. The summed E-state index contributed by atoms with van der Waals surface area (Å²) in [5.41, 5.74) is 1.46. The second-order valence-corrected chi connectivity index (χ2v) is 2.86. The highest BCUT2D eigenvalue weighted by atomic mass is 19.1. The Morgan fingerprint density at radius 1 is 1.50 bits per heavy atom. The Morgan fingerprint density at radius 3 is 2.67 bits per heavy atom. The van der Waals surface area contributed by atoms with E-state index < -0.39 is 0 Å². The van der Waals surface area contributed by atoms with Gasteiger partial charge >= 0.3 is 0 Å². The van der Waals surface area contributed by atoms with E-state index in [9.17, 15) is 4.39 Å². The zero-order chi connectivity index (χ0) is 9.14. The molecule has 0 N–H and O–H groups in total. The van der Waals surface area contributed by atoms with Crippen LogP contribution in [-0.2, 0) is 0 Å². The molecule has 0 saturated heterocycles. The van der Waals surface area contributed by atoms with Crippen LogP contribution >= 0.6 is 0 Å². The standard InChI is InChI=1S/C10H10FN/c1-7-5-9(8(2)6-12)3-4-10(7)11/h3-5,8H,1-2H3. The molecule has 2 heteroatoms. The summed E-state index contributed by atoms with van der Waals surface area (Å²) < 4.78 is 12.8. The van der Waals surface area contributed by atoms with E-state index in [4.69, 9.17) is 5.26 Å². The van der Waals surface area contributed by atoms with Crippen molar-refractivity contribution < 1.29 is 4.39 Å². The summed E-state index contributed by atoms with van der Waals surface area (Å²) in [6.45, 7) is 3.50. The van der Waals surface area contributed by atoms with Gasteiger partial charge in [0.25, 0.3) is 0 Å².